The molecule has 0 aromatic heterocycles. The van der Waals surface area contributed by atoms with E-state index in [9.17, 15) is 0 Å². The Balaban J connectivity index is -0.0000000184. The Labute approximate surface area is 176 Å². The van der Waals surface area contributed by atoms with Gasteiger partial charge < -0.3 is 0 Å². The summed E-state index contributed by atoms with van der Waals surface area (Å²) in [6.45, 7) is 43.9. The molecule has 0 N–H and O–H groups in total. The van der Waals surface area contributed by atoms with Crippen LogP contribution in [-0.2, 0) is 0 Å². The van der Waals surface area contributed by atoms with Crippen molar-refractivity contribution in [2.24, 2.45) is 17.8 Å². The van der Waals surface area contributed by atoms with E-state index in [1.165, 1.54) is 12.8 Å². The van der Waals surface area contributed by atoms with E-state index in [1.807, 2.05) is 69.2 Å². The van der Waals surface area contributed by atoms with Crippen LogP contribution in [-0.4, -0.2) is 0 Å². The summed E-state index contributed by atoms with van der Waals surface area (Å²) in [6, 6.07) is 0. The molecule has 0 fully saturated rings. The summed E-state index contributed by atoms with van der Waals surface area (Å²) in [5.74, 6) is 2.55. The molecule has 0 rings (SSSR count). The summed E-state index contributed by atoms with van der Waals surface area (Å²) in [5.41, 5.74) is 0. The lowest BCUT2D eigenvalue weighted by atomic mass is 10.2. The second kappa shape index (κ2) is 119. The van der Waals surface area contributed by atoms with Crippen LogP contribution in [0.5, 0.6) is 0 Å². The highest BCUT2D eigenvalue weighted by molar-refractivity contribution is 4.32. The van der Waals surface area contributed by atoms with Crippen molar-refractivity contribution in [3.05, 3.63) is 0 Å². The zero-order valence-electron chi connectivity index (χ0n) is 24.1. The molecule has 0 aliphatic rings. The second-order valence-corrected chi connectivity index (χ2v) is 5.97. The Morgan fingerprint density at radius 1 is 0.385 bits per heavy atom. The molecule has 0 heterocycles. The lowest BCUT2D eigenvalue weighted by Crippen LogP contribution is -1.77. The molecule has 0 aliphatic heterocycles. The zero-order chi connectivity index (χ0) is 24.1. The van der Waals surface area contributed by atoms with Crippen molar-refractivity contribution in [2.75, 3.05) is 0 Å². The SMILES string of the molecule is CC.CC.CC.CC.CC.CC(C)C.CC(C)C.CCC.CCC(C)C. The summed E-state index contributed by atoms with van der Waals surface area (Å²) in [5, 5.41) is 0. The van der Waals surface area contributed by atoms with Gasteiger partial charge in [-0.2, -0.15) is 0 Å². The fraction of sp³-hybridized carbons (Fsp3) is 1.00. The van der Waals surface area contributed by atoms with Gasteiger partial charge in [0.15, 0.2) is 0 Å². The van der Waals surface area contributed by atoms with Gasteiger partial charge in [0.1, 0.15) is 0 Å². The number of hydrogen-bond acceptors (Lipinski definition) is 0. The quantitative estimate of drug-likeness (QED) is 0.423. The molecule has 0 aromatic rings. The van der Waals surface area contributed by atoms with Crippen LogP contribution in [0.1, 0.15) is 158 Å². The van der Waals surface area contributed by atoms with Crippen LogP contribution in [0.15, 0.2) is 0 Å². The van der Waals surface area contributed by atoms with Crippen molar-refractivity contribution in [1.29, 1.82) is 0 Å². The Morgan fingerprint density at radius 2 is 0.423 bits per heavy atom. The van der Waals surface area contributed by atoms with E-state index in [-0.39, 0.29) is 0 Å². The maximum absolute atomic E-state index is 2.22. The maximum Gasteiger partial charge on any atom is -0.0474 e. The topological polar surface area (TPSA) is 0 Å². The van der Waals surface area contributed by atoms with Gasteiger partial charge >= 0.3 is 0 Å². The minimum atomic E-state index is 0.833. The Hall–Kier alpha value is 0. The number of hydrogen-bond donors (Lipinski definition) is 0. The van der Waals surface area contributed by atoms with Crippen molar-refractivity contribution in [2.45, 2.75) is 158 Å². The van der Waals surface area contributed by atoms with Crippen LogP contribution in [0.4, 0.5) is 0 Å². The van der Waals surface area contributed by atoms with Crippen LogP contribution in [0.25, 0.3) is 0 Å². The average Bonchev–Trinajstić information content (AvgIpc) is 2.63. The predicted molar refractivity (Wildman–Crippen MR) is 139 cm³/mol. The number of rotatable bonds is 1. The smallest absolute Gasteiger partial charge is 0.0474 e. The molecule has 0 bridgehead atoms. The summed E-state index contributed by atoms with van der Waals surface area (Å²) in [4.78, 5) is 0. The molecule has 0 saturated carbocycles. The first-order valence-corrected chi connectivity index (χ1v) is 12.1. The third-order valence-electron chi connectivity index (χ3n) is 0.816. The minimum absolute atomic E-state index is 0.833. The molecule has 0 saturated heterocycles. The van der Waals surface area contributed by atoms with Crippen LogP contribution in [0, 0.1) is 17.8 Å². The molecule has 0 amide bonds. The molecule has 0 aliphatic carbocycles. The summed E-state index contributed by atoms with van der Waals surface area (Å²) in [6.07, 6.45) is 2.56. The first-order chi connectivity index (χ1) is 12.1. The van der Waals surface area contributed by atoms with E-state index in [4.69, 9.17) is 0 Å². The Kier molecular flexibility index (Phi) is 257. The van der Waals surface area contributed by atoms with Gasteiger partial charge in [0.25, 0.3) is 0 Å². The third kappa shape index (κ3) is 3170. The fourth-order valence-corrected chi connectivity index (χ4v) is 0. The van der Waals surface area contributed by atoms with Gasteiger partial charge in [0, 0.05) is 0 Å². The molecule has 0 heteroatoms. The standard InChI is InChI=1S/C5H12.2C4H10.C3H8.5C2H6/c1-4-5(2)3;2*1-4(2)3;1-3-2;5*1-2/h5H,4H2,1-3H3;2*4H,1-3H3;3H2,1-2H3;5*1-2H3. The monoisotopic (exact) mass is 383 g/mol. The highest BCUT2D eigenvalue weighted by Gasteiger charge is 1.80. The van der Waals surface area contributed by atoms with E-state index in [0.29, 0.717) is 0 Å². The third-order valence-corrected chi connectivity index (χ3v) is 0.816. The van der Waals surface area contributed by atoms with Gasteiger partial charge in [0.2, 0.25) is 0 Å². The first kappa shape index (κ1) is 56.2. The molecule has 174 valence electrons. The molecule has 0 aromatic carbocycles. The molecule has 0 nitrogen and oxygen atoms in total. The van der Waals surface area contributed by atoms with E-state index in [0.717, 1.165) is 17.8 Å². The van der Waals surface area contributed by atoms with E-state index in [1.54, 1.807) is 0 Å². The summed E-state index contributed by atoms with van der Waals surface area (Å²) in [7, 11) is 0. The van der Waals surface area contributed by atoms with Crippen molar-refractivity contribution >= 4 is 0 Å². The van der Waals surface area contributed by atoms with Crippen molar-refractivity contribution < 1.29 is 0 Å². The highest BCUT2D eigenvalue weighted by atomic mass is 13.9. The zero-order valence-corrected chi connectivity index (χ0v) is 24.1. The fourth-order valence-electron chi connectivity index (χ4n) is 0. The second-order valence-electron chi connectivity index (χ2n) is 5.97. The largest absolute Gasteiger partial charge is 0.0683 e. The van der Waals surface area contributed by atoms with Crippen LogP contribution in [0.2, 0.25) is 0 Å². The van der Waals surface area contributed by atoms with Crippen LogP contribution >= 0.6 is 0 Å². The minimum Gasteiger partial charge on any atom is -0.0683 e. The first-order valence-electron chi connectivity index (χ1n) is 12.1. The lowest BCUT2D eigenvalue weighted by molar-refractivity contribution is 0.626. The van der Waals surface area contributed by atoms with E-state index >= 15 is 0 Å². The highest BCUT2D eigenvalue weighted by Crippen LogP contribution is 1.93. The van der Waals surface area contributed by atoms with Crippen molar-refractivity contribution in [1.82, 2.24) is 0 Å². The normalized spacial score (nSPS) is 6.46. The van der Waals surface area contributed by atoms with Crippen LogP contribution in [0.3, 0.4) is 0 Å². The summed E-state index contributed by atoms with van der Waals surface area (Å²) >= 11 is 0. The van der Waals surface area contributed by atoms with Crippen molar-refractivity contribution in [3.63, 3.8) is 0 Å². The van der Waals surface area contributed by atoms with Gasteiger partial charge in [-0.1, -0.05) is 158 Å². The summed E-state index contributed by atoms with van der Waals surface area (Å²) < 4.78 is 0. The molecular weight excluding hydrogens is 312 g/mol. The Morgan fingerprint density at radius 3 is 0.423 bits per heavy atom. The van der Waals surface area contributed by atoms with Gasteiger partial charge in [-0.3, -0.25) is 0 Å². The van der Waals surface area contributed by atoms with Crippen LogP contribution < -0.4 is 0 Å². The molecule has 26 heavy (non-hydrogen) atoms. The molecule has 0 atom stereocenters. The maximum atomic E-state index is 2.22. The van der Waals surface area contributed by atoms with Gasteiger partial charge in [-0.25, -0.2) is 0 Å². The van der Waals surface area contributed by atoms with Gasteiger partial charge in [-0.05, 0) is 17.8 Å². The van der Waals surface area contributed by atoms with Crippen molar-refractivity contribution in [3.8, 4) is 0 Å². The molecule has 0 radical (unpaired) electrons. The van der Waals surface area contributed by atoms with E-state index < -0.39 is 0 Å². The lowest BCUT2D eigenvalue weighted by Gasteiger charge is -1.90. The van der Waals surface area contributed by atoms with E-state index in [2.05, 4.69) is 76.2 Å². The molecule has 0 spiro atoms. The van der Waals surface area contributed by atoms with Gasteiger partial charge in [0.05, 0.1) is 0 Å². The van der Waals surface area contributed by atoms with Gasteiger partial charge in [-0.15, -0.1) is 0 Å². The molecular formula is C26H70. The Bertz CT molecular complexity index is 58.6. The molecule has 0 unspecified atom stereocenters. The average molecular weight is 383 g/mol. The predicted octanol–water partition coefficient (Wildman–Crippen LogP) is 11.9.